The highest BCUT2D eigenvalue weighted by atomic mass is 16.5. The van der Waals surface area contributed by atoms with Crippen molar-refractivity contribution in [1.29, 1.82) is 0 Å². The highest BCUT2D eigenvalue weighted by Gasteiger charge is 2.22. The number of benzene rings is 1. The third-order valence-corrected chi connectivity index (χ3v) is 4.04. The third-order valence-electron chi connectivity index (χ3n) is 4.04. The van der Waals surface area contributed by atoms with Crippen molar-refractivity contribution < 1.29 is 14.3 Å². The van der Waals surface area contributed by atoms with Crippen LogP contribution < -0.4 is 0 Å². The Labute approximate surface area is 126 Å². The quantitative estimate of drug-likeness (QED) is 0.596. The molecule has 21 heavy (non-hydrogen) atoms. The number of hydrogen-bond donors (Lipinski definition) is 0. The minimum atomic E-state index is -0.429. The van der Waals surface area contributed by atoms with E-state index in [1.54, 1.807) is 0 Å². The van der Waals surface area contributed by atoms with Crippen LogP contribution >= 0.6 is 0 Å². The van der Waals surface area contributed by atoms with Crippen molar-refractivity contribution >= 4 is 11.8 Å². The van der Waals surface area contributed by atoms with Crippen molar-refractivity contribution in [2.75, 3.05) is 20.2 Å². The van der Waals surface area contributed by atoms with Gasteiger partial charge < -0.3 is 4.74 Å². The zero-order valence-electron chi connectivity index (χ0n) is 12.6. The molecule has 0 aromatic heterocycles. The standard InChI is InChI=1S/C17H23NO3/c1-21-17(20)12-16(19)11-14-7-9-18(10-8-14)13-15-5-3-2-4-6-15/h2-6,14H,7-13H2,1H3. The highest BCUT2D eigenvalue weighted by molar-refractivity contribution is 5.95. The van der Waals surface area contributed by atoms with Crippen molar-refractivity contribution in [2.45, 2.75) is 32.2 Å². The SMILES string of the molecule is COC(=O)CC(=O)CC1CCN(Cc2ccccc2)CC1. The first-order valence-corrected chi connectivity index (χ1v) is 7.52. The fourth-order valence-corrected chi connectivity index (χ4v) is 2.82. The van der Waals surface area contributed by atoms with Gasteiger partial charge in [0.1, 0.15) is 12.2 Å². The Bertz CT molecular complexity index is 464. The average molecular weight is 289 g/mol. The van der Waals surface area contributed by atoms with Gasteiger partial charge in [-0.2, -0.15) is 0 Å². The molecule has 0 amide bonds. The topological polar surface area (TPSA) is 46.6 Å². The number of rotatable bonds is 6. The summed E-state index contributed by atoms with van der Waals surface area (Å²) >= 11 is 0. The summed E-state index contributed by atoms with van der Waals surface area (Å²) in [5.41, 5.74) is 1.33. The van der Waals surface area contributed by atoms with Crippen LogP contribution in [0, 0.1) is 5.92 Å². The highest BCUT2D eigenvalue weighted by Crippen LogP contribution is 2.22. The molecule has 0 bridgehead atoms. The first-order chi connectivity index (χ1) is 10.2. The van der Waals surface area contributed by atoms with Crippen LogP contribution in [0.3, 0.4) is 0 Å². The number of Topliss-reactive ketones (excluding diaryl/α,β-unsaturated/α-hetero) is 1. The van der Waals surface area contributed by atoms with E-state index in [2.05, 4.69) is 33.9 Å². The van der Waals surface area contributed by atoms with Gasteiger partial charge in [0.05, 0.1) is 7.11 Å². The molecule has 0 radical (unpaired) electrons. The van der Waals surface area contributed by atoms with Gasteiger partial charge in [0.2, 0.25) is 0 Å². The first kappa shape index (κ1) is 15.7. The van der Waals surface area contributed by atoms with E-state index in [1.807, 2.05) is 6.07 Å². The predicted molar refractivity (Wildman–Crippen MR) is 80.7 cm³/mol. The van der Waals surface area contributed by atoms with Crippen LogP contribution in [0.15, 0.2) is 30.3 Å². The van der Waals surface area contributed by atoms with E-state index < -0.39 is 5.97 Å². The molecule has 0 aliphatic carbocycles. The van der Waals surface area contributed by atoms with Crippen molar-refractivity contribution in [3.8, 4) is 0 Å². The van der Waals surface area contributed by atoms with Crippen LogP contribution in [0.5, 0.6) is 0 Å². The molecule has 0 atom stereocenters. The maximum Gasteiger partial charge on any atom is 0.313 e. The first-order valence-electron chi connectivity index (χ1n) is 7.52. The second-order valence-electron chi connectivity index (χ2n) is 5.70. The van der Waals surface area contributed by atoms with E-state index in [-0.39, 0.29) is 12.2 Å². The predicted octanol–water partition coefficient (Wildman–Crippen LogP) is 2.42. The van der Waals surface area contributed by atoms with Crippen molar-refractivity contribution in [3.63, 3.8) is 0 Å². The zero-order chi connectivity index (χ0) is 15.1. The summed E-state index contributed by atoms with van der Waals surface area (Å²) in [5, 5.41) is 0. The molecular formula is C17H23NO3. The summed E-state index contributed by atoms with van der Waals surface area (Å²) in [5.74, 6) is -0.0148. The summed E-state index contributed by atoms with van der Waals surface area (Å²) in [6.07, 6.45) is 2.48. The van der Waals surface area contributed by atoms with Gasteiger partial charge in [-0.3, -0.25) is 14.5 Å². The zero-order valence-corrected chi connectivity index (χ0v) is 12.6. The number of methoxy groups -OCH3 is 1. The summed E-state index contributed by atoms with van der Waals surface area (Å²) in [4.78, 5) is 25.2. The molecule has 1 heterocycles. The van der Waals surface area contributed by atoms with Crippen LogP contribution in [0.25, 0.3) is 0 Å². The van der Waals surface area contributed by atoms with E-state index in [0.717, 1.165) is 32.5 Å². The van der Waals surface area contributed by atoms with E-state index in [4.69, 9.17) is 0 Å². The molecule has 1 aromatic carbocycles. The van der Waals surface area contributed by atoms with E-state index in [1.165, 1.54) is 12.7 Å². The molecule has 1 saturated heterocycles. The lowest BCUT2D eigenvalue weighted by Gasteiger charge is -2.31. The molecule has 1 aromatic rings. The smallest absolute Gasteiger partial charge is 0.313 e. The number of nitrogens with zero attached hydrogens (tertiary/aromatic N) is 1. The maximum atomic E-state index is 11.7. The van der Waals surface area contributed by atoms with Crippen LogP contribution in [0.2, 0.25) is 0 Å². The Morgan fingerprint density at radius 3 is 2.48 bits per heavy atom. The molecule has 0 spiro atoms. The Morgan fingerprint density at radius 1 is 1.19 bits per heavy atom. The molecule has 0 saturated carbocycles. The molecule has 114 valence electrons. The van der Waals surface area contributed by atoms with E-state index >= 15 is 0 Å². The summed E-state index contributed by atoms with van der Waals surface area (Å²) in [7, 11) is 1.32. The van der Waals surface area contributed by atoms with Crippen molar-refractivity contribution in [2.24, 2.45) is 5.92 Å². The lowest BCUT2D eigenvalue weighted by molar-refractivity contribution is -0.143. The second-order valence-corrected chi connectivity index (χ2v) is 5.70. The summed E-state index contributed by atoms with van der Waals surface area (Å²) < 4.78 is 4.53. The van der Waals surface area contributed by atoms with Crippen LogP contribution in [-0.2, 0) is 20.9 Å². The molecule has 1 aliphatic rings. The third kappa shape index (κ3) is 5.31. The van der Waals surface area contributed by atoms with Gasteiger partial charge in [-0.05, 0) is 37.4 Å². The number of likely N-dealkylation sites (tertiary alicyclic amines) is 1. The van der Waals surface area contributed by atoms with E-state index in [0.29, 0.717) is 12.3 Å². The van der Waals surface area contributed by atoms with Crippen molar-refractivity contribution in [1.82, 2.24) is 4.90 Å². The fraction of sp³-hybridized carbons (Fsp3) is 0.529. The molecule has 0 unspecified atom stereocenters. The fourth-order valence-electron chi connectivity index (χ4n) is 2.82. The minimum absolute atomic E-state index is 0.00311. The average Bonchev–Trinajstić information content (AvgIpc) is 2.50. The van der Waals surface area contributed by atoms with Gasteiger partial charge in [0.25, 0.3) is 0 Å². The molecule has 1 fully saturated rings. The summed E-state index contributed by atoms with van der Waals surface area (Å²) in [6.45, 7) is 3.01. The molecule has 0 N–H and O–H groups in total. The van der Waals surface area contributed by atoms with Gasteiger partial charge in [0, 0.05) is 13.0 Å². The number of carbonyl (C=O) groups is 2. The lowest BCUT2D eigenvalue weighted by Crippen LogP contribution is -2.34. The van der Waals surface area contributed by atoms with Crippen LogP contribution in [-0.4, -0.2) is 36.9 Å². The molecule has 1 aliphatic heterocycles. The number of ketones is 1. The Kier molecular flexibility index (Phi) is 5.93. The molecule has 4 nitrogen and oxygen atoms in total. The second kappa shape index (κ2) is 7.93. The Balaban J connectivity index is 1.71. The number of hydrogen-bond acceptors (Lipinski definition) is 4. The van der Waals surface area contributed by atoms with Gasteiger partial charge in [-0.25, -0.2) is 0 Å². The van der Waals surface area contributed by atoms with Crippen LogP contribution in [0.1, 0.15) is 31.2 Å². The van der Waals surface area contributed by atoms with Gasteiger partial charge >= 0.3 is 5.97 Å². The van der Waals surface area contributed by atoms with Crippen molar-refractivity contribution in [3.05, 3.63) is 35.9 Å². The van der Waals surface area contributed by atoms with Gasteiger partial charge in [0.15, 0.2) is 0 Å². The summed E-state index contributed by atoms with van der Waals surface area (Å²) in [6, 6.07) is 10.4. The Morgan fingerprint density at radius 2 is 1.86 bits per heavy atom. The lowest BCUT2D eigenvalue weighted by atomic mass is 9.91. The molecule has 2 rings (SSSR count). The minimum Gasteiger partial charge on any atom is -0.469 e. The normalized spacial score (nSPS) is 16.6. The van der Waals surface area contributed by atoms with Crippen LogP contribution in [0.4, 0.5) is 0 Å². The molecule has 4 heteroatoms. The number of ether oxygens (including phenoxy) is 1. The monoisotopic (exact) mass is 289 g/mol. The maximum absolute atomic E-state index is 11.7. The number of carbonyl (C=O) groups excluding carboxylic acids is 2. The van der Waals surface area contributed by atoms with Gasteiger partial charge in [-0.1, -0.05) is 30.3 Å². The Hall–Kier alpha value is -1.68. The number of piperidine rings is 1. The van der Waals surface area contributed by atoms with E-state index in [9.17, 15) is 9.59 Å². The number of esters is 1. The molecular weight excluding hydrogens is 266 g/mol. The largest absolute Gasteiger partial charge is 0.469 e. The van der Waals surface area contributed by atoms with Gasteiger partial charge in [-0.15, -0.1) is 0 Å².